The standard InChI is InChI=1S/C24H25F3N2O4S/c1-34-29-12-10-28(11-13-29)9-2-14-31-19-7-8-20-22(15-19)32-16-21(23(20)30)17-3-5-18(6-4-17)33-24(25,26)27/h3-8,15-16H,2,9-14H2,1H3. The third kappa shape index (κ3) is 6.25. The minimum atomic E-state index is -4.77. The van der Waals surface area contributed by atoms with Crippen LogP contribution in [0.3, 0.4) is 0 Å². The lowest BCUT2D eigenvalue weighted by molar-refractivity contribution is -0.274. The highest BCUT2D eigenvalue weighted by molar-refractivity contribution is 7.96. The first-order valence-electron chi connectivity index (χ1n) is 10.9. The maximum atomic E-state index is 12.9. The van der Waals surface area contributed by atoms with E-state index in [-0.39, 0.29) is 16.7 Å². The van der Waals surface area contributed by atoms with E-state index in [1.807, 2.05) is 0 Å². The Morgan fingerprint density at radius 1 is 1.03 bits per heavy atom. The Morgan fingerprint density at radius 3 is 2.41 bits per heavy atom. The summed E-state index contributed by atoms with van der Waals surface area (Å²) in [6, 6.07) is 10.1. The van der Waals surface area contributed by atoms with E-state index < -0.39 is 6.36 Å². The Morgan fingerprint density at radius 2 is 1.74 bits per heavy atom. The number of hydrogen-bond donors (Lipinski definition) is 0. The quantitative estimate of drug-likeness (QED) is 0.322. The zero-order valence-electron chi connectivity index (χ0n) is 18.6. The third-order valence-electron chi connectivity index (χ3n) is 5.62. The summed E-state index contributed by atoms with van der Waals surface area (Å²) in [5.41, 5.74) is 0.795. The lowest BCUT2D eigenvalue weighted by Crippen LogP contribution is -2.43. The van der Waals surface area contributed by atoms with Crippen molar-refractivity contribution in [1.82, 2.24) is 9.21 Å². The average molecular weight is 495 g/mol. The molecule has 0 bridgehead atoms. The fourth-order valence-corrected chi connectivity index (χ4v) is 4.38. The number of piperazine rings is 1. The molecule has 0 spiro atoms. The van der Waals surface area contributed by atoms with Crippen LogP contribution in [0, 0.1) is 0 Å². The van der Waals surface area contributed by atoms with Crippen molar-refractivity contribution in [1.29, 1.82) is 0 Å². The summed E-state index contributed by atoms with van der Waals surface area (Å²) in [6.07, 6.45) is -0.465. The highest BCUT2D eigenvalue weighted by Crippen LogP contribution is 2.27. The fraction of sp³-hybridized carbons (Fsp3) is 0.375. The van der Waals surface area contributed by atoms with Gasteiger partial charge in [0.25, 0.3) is 0 Å². The van der Waals surface area contributed by atoms with E-state index in [2.05, 4.69) is 20.2 Å². The van der Waals surface area contributed by atoms with Crippen LogP contribution in [0.1, 0.15) is 6.42 Å². The Bertz CT molecular complexity index is 1160. The van der Waals surface area contributed by atoms with Gasteiger partial charge in [-0.3, -0.25) is 4.79 Å². The Balaban J connectivity index is 1.36. The van der Waals surface area contributed by atoms with Gasteiger partial charge in [0.15, 0.2) is 5.43 Å². The second-order valence-electron chi connectivity index (χ2n) is 7.86. The van der Waals surface area contributed by atoms with E-state index in [4.69, 9.17) is 9.15 Å². The molecular weight excluding hydrogens is 469 g/mol. The zero-order chi connectivity index (χ0) is 24.1. The second-order valence-corrected chi connectivity index (χ2v) is 8.75. The summed E-state index contributed by atoms with van der Waals surface area (Å²) in [4.78, 5) is 15.3. The van der Waals surface area contributed by atoms with Crippen molar-refractivity contribution in [2.45, 2.75) is 12.8 Å². The van der Waals surface area contributed by atoms with Gasteiger partial charge in [-0.15, -0.1) is 13.2 Å². The van der Waals surface area contributed by atoms with Gasteiger partial charge in [0, 0.05) is 38.8 Å². The van der Waals surface area contributed by atoms with Crippen molar-refractivity contribution in [3.05, 3.63) is 59.0 Å². The van der Waals surface area contributed by atoms with Crippen LogP contribution in [0.2, 0.25) is 0 Å². The number of rotatable bonds is 8. The van der Waals surface area contributed by atoms with Gasteiger partial charge < -0.3 is 18.8 Å². The minimum absolute atomic E-state index is 0.251. The van der Waals surface area contributed by atoms with Crippen LogP contribution in [0.15, 0.2) is 57.9 Å². The largest absolute Gasteiger partial charge is 0.573 e. The maximum Gasteiger partial charge on any atom is 0.573 e. The number of nitrogens with zero attached hydrogens (tertiary/aromatic N) is 2. The van der Waals surface area contributed by atoms with Crippen LogP contribution < -0.4 is 14.9 Å². The highest BCUT2D eigenvalue weighted by atomic mass is 32.2. The van der Waals surface area contributed by atoms with Crippen molar-refractivity contribution in [2.24, 2.45) is 0 Å². The first-order chi connectivity index (χ1) is 16.3. The Hall–Kier alpha value is -2.69. The van der Waals surface area contributed by atoms with Gasteiger partial charge in [0.2, 0.25) is 0 Å². The van der Waals surface area contributed by atoms with Crippen LogP contribution in [0.25, 0.3) is 22.1 Å². The number of ether oxygens (including phenoxy) is 2. The number of alkyl halides is 3. The van der Waals surface area contributed by atoms with Gasteiger partial charge in [0.1, 0.15) is 23.3 Å². The van der Waals surface area contributed by atoms with E-state index in [1.54, 1.807) is 30.1 Å². The molecule has 0 aliphatic carbocycles. The Kier molecular flexibility index (Phi) is 7.70. The van der Waals surface area contributed by atoms with Crippen LogP contribution in [0.4, 0.5) is 13.2 Å². The molecule has 3 aromatic rings. The number of fused-ring (bicyclic) bond motifs is 1. The summed E-state index contributed by atoms with van der Waals surface area (Å²) in [5, 5.41) is 0.368. The van der Waals surface area contributed by atoms with Gasteiger partial charge in [-0.2, -0.15) is 0 Å². The first kappa shape index (κ1) is 24.4. The van der Waals surface area contributed by atoms with Gasteiger partial charge in [0.05, 0.1) is 17.6 Å². The minimum Gasteiger partial charge on any atom is -0.493 e. The molecule has 0 unspecified atom stereocenters. The van der Waals surface area contributed by atoms with Gasteiger partial charge in [-0.1, -0.05) is 24.1 Å². The summed E-state index contributed by atoms with van der Waals surface area (Å²) in [5.74, 6) is 0.259. The molecule has 1 fully saturated rings. The fourth-order valence-electron chi connectivity index (χ4n) is 3.85. The zero-order valence-corrected chi connectivity index (χ0v) is 19.5. The van der Waals surface area contributed by atoms with Gasteiger partial charge >= 0.3 is 6.36 Å². The van der Waals surface area contributed by atoms with Crippen molar-refractivity contribution in [3.8, 4) is 22.6 Å². The van der Waals surface area contributed by atoms with E-state index in [0.717, 1.165) is 51.3 Å². The average Bonchev–Trinajstić information content (AvgIpc) is 2.82. The molecule has 1 aliphatic heterocycles. The molecule has 6 nitrogen and oxygen atoms in total. The lowest BCUT2D eigenvalue weighted by atomic mass is 10.1. The van der Waals surface area contributed by atoms with Gasteiger partial charge in [-0.05, 0) is 42.5 Å². The SMILES string of the molecule is CSN1CCN(CCCOc2ccc3c(=O)c(-c4ccc(OC(F)(F)F)cc4)coc3c2)CC1. The van der Waals surface area contributed by atoms with E-state index in [1.165, 1.54) is 18.4 Å². The smallest absolute Gasteiger partial charge is 0.493 e. The number of hydrogen-bond acceptors (Lipinski definition) is 7. The molecule has 2 heterocycles. The molecule has 2 aromatic carbocycles. The van der Waals surface area contributed by atoms with Crippen molar-refractivity contribution in [2.75, 3.05) is 45.6 Å². The molecule has 0 atom stereocenters. The Labute approximate surface area is 199 Å². The van der Waals surface area contributed by atoms with Crippen LogP contribution in [-0.4, -0.2) is 61.2 Å². The predicted octanol–water partition coefficient (Wildman–Crippen LogP) is 5.02. The van der Waals surface area contributed by atoms with Crippen LogP contribution >= 0.6 is 11.9 Å². The predicted molar refractivity (Wildman–Crippen MR) is 126 cm³/mol. The highest BCUT2D eigenvalue weighted by Gasteiger charge is 2.31. The monoisotopic (exact) mass is 494 g/mol. The van der Waals surface area contributed by atoms with Gasteiger partial charge in [-0.25, -0.2) is 4.31 Å². The summed E-state index contributed by atoms with van der Waals surface area (Å²) in [6.45, 7) is 5.78. The summed E-state index contributed by atoms with van der Waals surface area (Å²) in [7, 11) is 0. The van der Waals surface area contributed by atoms with Crippen LogP contribution in [0.5, 0.6) is 11.5 Å². The molecule has 0 N–H and O–H groups in total. The summed E-state index contributed by atoms with van der Waals surface area (Å²) >= 11 is 1.79. The molecule has 1 saturated heterocycles. The van der Waals surface area contributed by atoms with Crippen LogP contribution in [-0.2, 0) is 0 Å². The summed E-state index contributed by atoms with van der Waals surface area (Å²) < 4.78 is 54.7. The van der Waals surface area contributed by atoms with E-state index >= 15 is 0 Å². The van der Waals surface area contributed by atoms with Crippen molar-refractivity contribution >= 4 is 22.9 Å². The number of benzene rings is 2. The molecule has 0 radical (unpaired) electrons. The van der Waals surface area contributed by atoms with E-state index in [0.29, 0.717) is 28.9 Å². The molecule has 34 heavy (non-hydrogen) atoms. The number of halogens is 3. The second kappa shape index (κ2) is 10.7. The molecule has 0 saturated carbocycles. The topological polar surface area (TPSA) is 55.2 Å². The molecule has 182 valence electrons. The van der Waals surface area contributed by atoms with Crippen molar-refractivity contribution in [3.63, 3.8) is 0 Å². The molecule has 0 amide bonds. The maximum absolute atomic E-state index is 12.9. The molecule has 10 heteroatoms. The van der Waals surface area contributed by atoms with Crippen molar-refractivity contribution < 1.29 is 27.1 Å². The normalized spacial score (nSPS) is 15.5. The molecule has 4 rings (SSSR count). The molecule has 1 aliphatic rings. The lowest BCUT2D eigenvalue weighted by Gasteiger charge is -2.33. The molecular formula is C24H25F3N2O4S. The third-order valence-corrected chi connectivity index (χ3v) is 6.50. The first-order valence-corrected chi connectivity index (χ1v) is 12.1. The van der Waals surface area contributed by atoms with E-state index in [9.17, 15) is 18.0 Å². The molecule has 1 aromatic heterocycles.